The molecule has 0 saturated heterocycles. The van der Waals surface area contributed by atoms with Crippen LogP contribution in [0.2, 0.25) is 0 Å². The van der Waals surface area contributed by atoms with E-state index in [-0.39, 0.29) is 18.6 Å². The summed E-state index contributed by atoms with van der Waals surface area (Å²) in [5.74, 6) is -0.0409. The quantitative estimate of drug-likeness (QED) is 0.452. The molecule has 142 valence electrons. The van der Waals surface area contributed by atoms with Crippen molar-refractivity contribution in [1.29, 1.82) is 0 Å². The molecule has 0 atom stereocenters. The van der Waals surface area contributed by atoms with Crippen molar-refractivity contribution in [2.45, 2.75) is 26.2 Å². The first kappa shape index (κ1) is 20.2. The predicted molar refractivity (Wildman–Crippen MR) is 105 cm³/mol. The lowest BCUT2D eigenvalue weighted by Crippen LogP contribution is -2.30. The molecule has 0 saturated carbocycles. The van der Waals surface area contributed by atoms with Crippen molar-refractivity contribution in [3.8, 4) is 5.75 Å². The summed E-state index contributed by atoms with van der Waals surface area (Å²) in [6.07, 6.45) is -0.601. The standard InChI is InChI=1S/C22H25NO4/c1-16(2)20(24)26-15-14-23-21(25)27-19-12-10-18(11-13-19)22(3,4)17-8-6-5-7-9-17/h5-13H,1,14-15H2,2-4H3,(H,23,25). The smallest absolute Gasteiger partial charge is 0.412 e. The Balaban J connectivity index is 1.87. The summed E-state index contributed by atoms with van der Waals surface area (Å²) in [5.41, 5.74) is 2.49. The zero-order valence-electron chi connectivity index (χ0n) is 16.0. The van der Waals surface area contributed by atoms with Gasteiger partial charge in [-0.3, -0.25) is 0 Å². The second-order valence-electron chi connectivity index (χ2n) is 6.75. The Labute approximate surface area is 160 Å². The van der Waals surface area contributed by atoms with E-state index in [4.69, 9.17) is 9.47 Å². The van der Waals surface area contributed by atoms with E-state index in [0.29, 0.717) is 11.3 Å². The second-order valence-corrected chi connectivity index (χ2v) is 6.75. The van der Waals surface area contributed by atoms with Gasteiger partial charge in [0.15, 0.2) is 0 Å². The minimum atomic E-state index is -0.601. The lowest BCUT2D eigenvalue weighted by atomic mass is 9.78. The number of amides is 1. The molecule has 0 aromatic heterocycles. The van der Waals surface area contributed by atoms with Gasteiger partial charge in [-0.25, -0.2) is 9.59 Å². The second kappa shape index (κ2) is 9.03. The maximum Gasteiger partial charge on any atom is 0.412 e. The fourth-order valence-corrected chi connectivity index (χ4v) is 2.52. The Morgan fingerprint density at radius 3 is 2.19 bits per heavy atom. The largest absolute Gasteiger partial charge is 0.460 e. The van der Waals surface area contributed by atoms with Crippen LogP contribution in [0.4, 0.5) is 4.79 Å². The molecule has 1 amide bonds. The Morgan fingerprint density at radius 2 is 1.59 bits per heavy atom. The van der Waals surface area contributed by atoms with Gasteiger partial charge in [0, 0.05) is 11.0 Å². The third-order valence-electron chi connectivity index (χ3n) is 4.24. The molecule has 2 rings (SSSR count). The zero-order valence-corrected chi connectivity index (χ0v) is 16.0. The van der Waals surface area contributed by atoms with E-state index < -0.39 is 12.1 Å². The van der Waals surface area contributed by atoms with Crippen LogP contribution in [-0.2, 0) is 14.9 Å². The van der Waals surface area contributed by atoms with Gasteiger partial charge in [-0.05, 0) is 30.2 Å². The third kappa shape index (κ3) is 5.71. The number of carbonyl (C=O) groups is 2. The number of esters is 1. The molecule has 5 heteroatoms. The molecular weight excluding hydrogens is 342 g/mol. The van der Waals surface area contributed by atoms with Crippen molar-refractivity contribution in [2.24, 2.45) is 0 Å². The molecular formula is C22H25NO4. The van der Waals surface area contributed by atoms with Crippen LogP contribution in [0, 0.1) is 0 Å². The molecule has 5 nitrogen and oxygen atoms in total. The molecule has 27 heavy (non-hydrogen) atoms. The minimum absolute atomic E-state index is 0.0605. The van der Waals surface area contributed by atoms with Gasteiger partial charge in [-0.2, -0.15) is 0 Å². The fraction of sp³-hybridized carbons (Fsp3) is 0.273. The van der Waals surface area contributed by atoms with Gasteiger partial charge >= 0.3 is 12.1 Å². The van der Waals surface area contributed by atoms with Crippen LogP contribution < -0.4 is 10.1 Å². The van der Waals surface area contributed by atoms with Crippen molar-refractivity contribution < 1.29 is 19.1 Å². The van der Waals surface area contributed by atoms with Crippen molar-refractivity contribution >= 4 is 12.1 Å². The lowest BCUT2D eigenvalue weighted by Gasteiger charge is -2.26. The number of benzene rings is 2. The highest BCUT2D eigenvalue weighted by atomic mass is 16.6. The van der Waals surface area contributed by atoms with E-state index in [1.165, 1.54) is 5.56 Å². The number of hydrogen-bond donors (Lipinski definition) is 1. The van der Waals surface area contributed by atoms with E-state index in [1.807, 2.05) is 30.3 Å². The summed E-state index contributed by atoms with van der Waals surface area (Å²) in [7, 11) is 0. The average Bonchev–Trinajstić information content (AvgIpc) is 2.66. The highest BCUT2D eigenvalue weighted by Crippen LogP contribution is 2.32. The number of hydrogen-bond acceptors (Lipinski definition) is 4. The lowest BCUT2D eigenvalue weighted by molar-refractivity contribution is -0.138. The molecule has 1 N–H and O–H groups in total. The summed E-state index contributed by atoms with van der Waals surface area (Å²) in [4.78, 5) is 23.0. The maximum atomic E-state index is 11.8. The van der Waals surface area contributed by atoms with Crippen LogP contribution in [0.5, 0.6) is 5.75 Å². The van der Waals surface area contributed by atoms with Crippen LogP contribution in [0.3, 0.4) is 0 Å². The fourth-order valence-electron chi connectivity index (χ4n) is 2.52. The molecule has 0 heterocycles. The van der Waals surface area contributed by atoms with E-state index in [2.05, 4.69) is 37.9 Å². The summed E-state index contributed by atoms with van der Waals surface area (Å²) >= 11 is 0. The molecule has 0 radical (unpaired) electrons. The van der Waals surface area contributed by atoms with Crippen LogP contribution in [0.15, 0.2) is 66.7 Å². The van der Waals surface area contributed by atoms with Gasteiger partial charge in [0.05, 0.1) is 6.54 Å². The van der Waals surface area contributed by atoms with Gasteiger partial charge < -0.3 is 14.8 Å². The van der Waals surface area contributed by atoms with E-state index in [1.54, 1.807) is 19.1 Å². The van der Waals surface area contributed by atoms with Crippen LogP contribution in [0.25, 0.3) is 0 Å². The van der Waals surface area contributed by atoms with Gasteiger partial charge in [-0.1, -0.05) is 62.9 Å². The normalized spacial score (nSPS) is 10.8. The van der Waals surface area contributed by atoms with E-state index in [0.717, 1.165) is 5.56 Å². The topological polar surface area (TPSA) is 64.6 Å². The summed E-state index contributed by atoms with van der Waals surface area (Å²) in [6.45, 7) is 9.57. The highest BCUT2D eigenvalue weighted by Gasteiger charge is 2.22. The van der Waals surface area contributed by atoms with Crippen molar-refractivity contribution in [1.82, 2.24) is 5.32 Å². The zero-order chi connectivity index (χ0) is 19.9. The SMILES string of the molecule is C=C(C)C(=O)OCCNC(=O)Oc1ccc(C(C)(C)c2ccccc2)cc1. The van der Waals surface area contributed by atoms with E-state index in [9.17, 15) is 9.59 Å². The highest BCUT2D eigenvalue weighted by molar-refractivity contribution is 5.86. The first-order chi connectivity index (χ1) is 12.8. The predicted octanol–water partition coefficient (Wildman–Crippen LogP) is 4.22. The van der Waals surface area contributed by atoms with Gasteiger partial charge in [-0.15, -0.1) is 0 Å². The first-order valence-electron chi connectivity index (χ1n) is 8.75. The summed E-state index contributed by atoms with van der Waals surface area (Å²) < 4.78 is 10.1. The molecule has 0 bridgehead atoms. The summed E-state index contributed by atoms with van der Waals surface area (Å²) in [5, 5.41) is 2.53. The minimum Gasteiger partial charge on any atom is -0.460 e. The molecule has 0 fully saturated rings. The molecule has 2 aromatic carbocycles. The Morgan fingerprint density at radius 1 is 1.00 bits per heavy atom. The van der Waals surface area contributed by atoms with Crippen LogP contribution in [0.1, 0.15) is 31.9 Å². The van der Waals surface area contributed by atoms with Crippen molar-refractivity contribution in [3.63, 3.8) is 0 Å². The van der Waals surface area contributed by atoms with Gasteiger partial charge in [0.2, 0.25) is 0 Å². The van der Waals surface area contributed by atoms with Crippen molar-refractivity contribution in [3.05, 3.63) is 77.9 Å². The number of nitrogens with one attached hydrogen (secondary N) is 1. The van der Waals surface area contributed by atoms with Crippen LogP contribution in [-0.4, -0.2) is 25.2 Å². The Bertz CT molecular complexity index is 795. The third-order valence-corrected chi connectivity index (χ3v) is 4.24. The number of ether oxygens (including phenoxy) is 2. The first-order valence-corrected chi connectivity index (χ1v) is 8.75. The van der Waals surface area contributed by atoms with Crippen molar-refractivity contribution in [2.75, 3.05) is 13.2 Å². The Kier molecular flexibility index (Phi) is 6.77. The van der Waals surface area contributed by atoms with Gasteiger partial charge in [0.25, 0.3) is 0 Å². The molecule has 0 aliphatic carbocycles. The Hall–Kier alpha value is -3.08. The average molecular weight is 367 g/mol. The molecule has 0 aliphatic heterocycles. The maximum absolute atomic E-state index is 11.8. The summed E-state index contributed by atoms with van der Waals surface area (Å²) in [6, 6.07) is 17.7. The number of rotatable bonds is 7. The molecule has 0 unspecified atom stereocenters. The molecule has 0 aliphatic rings. The monoisotopic (exact) mass is 367 g/mol. The number of carbonyl (C=O) groups excluding carboxylic acids is 2. The molecule has 0 spiro atoms. The van der Waals surface area contributed by atoms with Crippen LogP contribution >= 0.6 is 0 Å². The van der Waals surface area contributed by atoms with E-state index >= 15 is 0 Å². The van der Waals surface area contributed by atoms with Gasteiger partial charge in [0.1, 0.15) is 12.4 Å². The molecule has 2 aromatic rings.